The predicted octanol–water partition coefficient (Wildman–Crippen LogP) is 0.0210. The van der Waals surface area contributed by atoms with E-state index in [1.165, 1.54) is 0 Å². The lowest BCUT2D eigenvalue weighted by molar-refractivity contribution is -0.126. The number of nitrogens with zero attached hydrogens (tertiary/aromatic N) is 1. The van der Waals surface area contributed by atoms with Gasteiger partial charge in [0.15, 0.2) is 0 Å². The van der Waals surface area contributed by atoms with Crippen molar-refractivity contribution in [2.45, 2.75) is 45.4 Å². The maximum absolute atomic E-state index is 12.0. The van der Waals surface area contributed by atoms with Gasteiger partial charge in [0.25, 0.3) is 0 Å². The molecule has 142 valence electrons. The van der Waals surface area contributed by atoms with Crippen molar-refractivity contribution in [3.05, 3.63) is 17.0 Å². The van der Waals surface area contributed by atoms with E-state index < -0.39 is 10.0 Å². The highest BCUT2D eigenvalue weighted by atomic mass is 32.2. The lowest BCUT2D eigenvalue weighted by Crippen LogP contribution is -2.50. The number of rotatable bonds is 8. The Balaban J connectivity index is 1.84. The van der Waals surface area contributed by atoms with E-state index in [0.29, 0.717) is 32.0 Å². The second kappa shape index (κ2) is 8.75. The number of nitrogens with one attached hydrogen (secondary N) is 2. The highest BCUT2D eigenvalue weighted by Crippen LogP contribution is 2.18. The van der Waals surface area contributed by atoms with Crippen LogP contribution in [0.1, 0.15) is 29.9 Å². The normalized spacial score (nSPS) is 21.2. The highest BCUT2D eigenvalue weighted by Gasteiger charge is 2.28. The van der Waals surface area contributed by atoms with Crippen LogP contribution in [0.5, 0.6) is 0 Å². The molecule has 1 saturated heterocycles. The summed E-state index contributed by atoms with van der Waals surface area (Å²) in [5.41, 5.74) is 1.68. The molecule has 1 aliphatic rings. The number of amides is 1. The van der Waals surface area contributed by atoms with Gasteiger partial charge >= 0.3 is 0 Å². The Bertz CT molecular complexity index is 668. The summed E-state index contributed by atoms with van der Waals surface area (Å²) >= 11 is 0. The molecule has 1 fully saturated rings. The van der Waals surface area contributed by atoms with Crippen LogP contribution >= 0.6 is 0 Å². The van der Waals surface area contributed by atoms with Crippen LogP contribution in [0, 0.1) is 13.8 Å². The van der Waals surface area contributed by atoms with Crippen LogP contribution in [0.2, 0.25) is 0 Å². The van der Waals surface area contributed by atoms with E-state index in [-0.39, 0.29) is 31.0 Å². The van der Waals surface area contributed by atoms with E-state index in [9.17, 15) is 13.2 Å². The van der Waals surface area contributed by atoms with Gasteiger partial charge in [0.05, 0.1) is 31.2 Å². The molecule has 0 aromatic carbocycles. The van der Waals surface area contributed by atoms with Crippen molar-refractivity contribution in [3.63, 3.8) is 0 Å². The third kappa shape index (κ3) is 6.38. The van der Waals surface area contributed by atoms with Gasteiger partial charge in [-0.15, -0.1) is 0 Å². The number of aromatic nitrogens is 1. The maximum Gasteiger partial charge on any atom is 0.221 e. The number of hydrogen-bond acceptors (Lipinski definition) is 7. The summed E-state index contributed by atoms with van der Waals surface area (Å²) in [6.07, 6.45) is 1.48. The van der Waals surface area contributed by atoms with Gasteiger partial charge in [0.1, 0.15) is 11.9 Å². The standard InChI is InChI=1S/C15H25N3O6S/c1-10-12(11(2)24-18-10)8-23-14-9-22-7-5-13(14)17-15(19)4-6-16-25(3,20)21/h13-14,16H,4-9H2,1-3H3,(H,17,19)/t13-,14-/m1/s1. The summed E-state index contributed by atoms with van der Waals surface area (Å²) in [7, 11) is -3.30. The Hall–Kier alpha value is -1.49. The van der Waals surface area contributed by atoms with Gasteiger partial charge in [0, 0.05) is 25.1 Å². The molecule has 0 saturated carbocycles. The van der Waals surface area contributed by atoms with Gasteiger partial charge in [-0.1, -0.05) is 5.16 Å². The predicted molar refractivity (Wildman–Crippen MR) is 89.4 cm³/mol. The van der Waals surface area contributed by atoms with Crippen molar-refractivity contribution >= 4 is 15.9 Å². The second-order valence-electron chi connectivity index (χ2n) is 6.11. The summed E-state index contributed by atoms with van der Waals surface area (Å²) in [6.45, 7) is 4.99. The number of aryl methyl sites for hydroxylation is 2. The SMILES string of the molecule is Cc1noc(C)c1CO[C@@H]1COCC[C@H]1NC(=O)CCNS(C)(=O)=O. The molecule has 25 heavy (non-hydrogen) atoms. The molecule has 0 aliphatic carbocycles. The van der Waals surface area contributed by atoms with E-state index in [1.54, 1.807) is 0 Å². The molecular formula is C15H25N3O6S. The minimum Gasteiger partial charge on any atom is -0.379 e. The van der Waals surface area contributed by atoms with Crippen LogP contribution in [-0.2, 0) is 30.9 Å². The molecule has 1 amide bonds. The fraction of sp³-hybridized carbons (Fsp3) is 0.733. The van der Waals surface area contributed by atoms with Crippen molar-refractivity contribution in [1.29, 1.82) is 0 Å². The quantitative estimate of drug-likeness (QED) is 0.657. The Kier molecular flexibility index (Phi) is 6.94. The molecule has 2 heterocycles. The molecule has 0 radical (unpaired) electrons. The first-order valence-corrected chi connectivity index (χ1v) is 10.0. The van der Waals surface area contributed by atoms with Crippen molar-refractivity contribution in [3.8, 4) is 0 Å². The van der Waals surface area contributed by atoms with Gasteiger partial charge in [-0.25, -0.2) is 13.1 Å². The number of sulfonamides is 1. The summed E-state index contributed by atoms with van der Waals surface area (Å²) < 4.78 is 40.8. The van der Waals surface area contributed by atoms with Crippen LogP contribution in [0.4, 0.5) is 0 Å². The molecule has 0 bridgehead atoms. The number of hydrogen-bond donors (Lipinski definition) is 2. The molecule has 1 aromatic rings. The second-order valence-corrected chi connectivity index (χ2v) is 7.94. The first kappa shape index (κ1) is 19.8. The Morgan fingerprint density at radius 2 is 2.16 bits per heavy atom. The van der Waals surface area contributed by atoms with Crippen molar-refractivity contribution < 1.29 is 27.2 Å². The molecule has 0 unspecified atom stereocenters. The summed E-state index contributed by atoms with van der Waals surface area (Å²) in [6, 6.07) is -0.181. The largest absolute Gasteiger partial charge is 0.379 e. The van der Waals surface area contributed by atoms with Gasteiger partial charge in [0.2, 0.25) is 15.9 Å². The molecule has 10 heteroatoms. The topological polar surface area (TPSA) is 120 Å². The molecule has 9 nitrogen and oxygen atoms in total. The third-order valence-electron chi connectivity index (χ3n) is 3.99. The van der Waals surface area contributed by atoms with E-state index in [2.05, 4.69) is 15.2 Å². The van der Waals surface area contributed by atoms with Crippen LogP contribution in [0.3, 0.4) is 0 Å². The Morgan fingerprint density at radius 1 is 1.40 bits per heavy atom. The number of carbonyl (C=O) groups is 1. The van der Waals surface area contributed by atoms with Gasteiger partial charge in [-0.2, -0.15) is 0 Å². The van der Waals surface area contributed by atoms with Crippen LogP contribution in [0.15, 0.2) is 4.52 Å². The minimum atomic E-state index is -3.30. The molecular weight excluding hydrogens is 350 g/mol. The lowest BCUT2D eigenvalue weighted by Gasteiger charge is -2.32. The lowest BCUT2D eigenvalue weighted by atomic mass is 10.1. The number of carbonyl (C=O) groups excluding carboxylic acids is 1. The molecule has 1 aromatic heterocycles. The first-order chi connectivity index (χ1) is 11.8. The average Bonchev–Trinajstić information content (AvgIpc) is 2.84. The fourth-order valence-electron chi connectivity index (χ4n) is 2.57. The average molecular weight is 375 g/mol. The van der Waals surface area contributed by atoms with Crippen LogP contribution < -0.4 is 10.0 Å². The zero-order chi connectivity index (χ0) is 18.4. The summed E-state index contributed by atoms with van der Waals surface area (Å²) in [5.74, 6) is 0.482. The first-order valence-electron chi connectivity index (χ1n) is 8.11. The molecule has 0 spiro atoms. The molecule has 2 atom stereocenters. The van der Waals surface area contributed by atoms with Crippen LogP contribution in [-0.4, -0.2) is 57.6 Å². The minimum absolute atomic E-state index is 0.0679. The summed E-state index contributed by atoms with van der Waals surface area (Å²) in [4.78, 5) is 12.0. The van der Waals surface area contributed by atoms with Gasteiger partial charge in [-0.05, 0) is 20.3 Å². The Labute approximate surface area is 147 Å². The van der Waals surface area contributed by atoms with E-state index in [4.69, 9.17) is 14.0 Å². The smallest absolute Gasteiger partial charge is 0.221 e. The molecule has 2 N–H and O–H groups in total. The van der Waals surface area contributed by atoms with E-state index >= 15 is 0 Å². The zero-order valence-electron chi connectivity index (χ0n) is 14.7. The van der Waals surface area contributed by atoms with E-state index in [1.807, 2.05) is 13.8 Å². The van der Waals surface area contributed by atoms with Crippen molar-refractivity contribution in [1.82, 2.24) is 15.2 Å². The monoisotopic (exact) mass is 375 g/mol. The van der Waals surface area contributed by atoms with Crippen molar-refractivity contribution in [2.75, 3.05) is 26.0 Å². The molecule has 2 rings (SSSR count). The van der Waals surface area contributed by atoms with E-state index in [0.717, 1.165) is 17.5 Å². The van der Waals surface area contributed by atoms with Crippen LogP contribution in [0.25, 0.3) is 0 Å². The highest BCUT2D eigenvalue weighted by molar-refractivity contribution is 7.88. The van der Waals surface area contributed by atoms with Gasteiger partial charge in [-0.3, -0.25) is 4.79 Å². The third-order valence-corrected chi connectivity index (χ3v) is 4.72. The van der Waals surface area contributed by atoms with Gasteiger partial charge < -0.3 is 19.3 Å². The summed E-state index contributed by atoms with van der Waals surface area (Å²) in [5, 5.41) is 6.79. The zero-order valence-corrected chi connectivity index (χ0v) is 15.5. The molecule has 1 aliphatic heterocycles. The number of ether oxygens (including phenoxy) is 2. The maximum atomic E-state index is 12.0. The Morgan fingerprint density at radius 3 is 2.80 bits per heavy atom. The van der Waals surface area contributed by atoms with Crippen molar-refractivity contribution in [2.24, 2.45) is 0 Å². The fourth-order valence-corrected chi connectivity index (χ4v) is 3.04.